The van der Waals surface area contributed by atoms with Gasteiger partial charge in [0.2, 0.25) is 0 Å². The first-order valence-corrected chi connectivity index (χ1v) is 19.3. The number of hydrogen-bond acceptors (Lipinski definition) is 1. The summed E-state index contributed by atoms with van der Waals surface area (Å²) in [6.45, 7) is 0. The molecule has 0 spiro atoms. The fourth-order valence-electron chi connectivity index (χ4n) is 3.94. The molecule has 0 saturated heterocycles. The minimum absolute atomic E-state index is 1.01. The van der Waals surface area contributed by atoms with Crippen LogP contribution in [0.2, 0.25) is 0 Å². The number of benzene rings is 4. The molecule has 0 aliphatic heterocycles. The number of hydrogen-bond donors (Lipinski definition) is 0. The third-order valence-corrected chi connectivity index (χ3v) is 18.9. The van der Waals surface area contributed by atoms with Gasteiger partial charge in [-0.05, 0) is 0 Å². The van der Waals surface area contributed by atoms with E-state index in [0.29, 0.717) is 0 Å². The molecule has 0 N–H and O–H groups in total. The Morgan fingerprint density at radius 2 is 0.724 bits per heavy atom. The average molecular weight is 545 g/mol. The van der Waals surface area contributed by atoms with Crippen molar-refractivity contribution in [2.24, 2.45) is 0 Å². The van der Waals surface area contributed by atoms with Crippen molar-refractivity contribution in [3.63, 3.8) is 0 Å². The molecule has 4 rings (SSSR count). The Kier molecular flexibility index (Phi) is 6.74. The van der Waals surface area contributed by atoms with Gasteiger partial charge in [-0.1, -0.05) is 0 Å². The van der Waals surface area contributed by atoms with Crippen LogP contribution in [0.25, 0.3) is 0 Å². The van der Waals surface area contributed by atoms with Crippen LogP contribution in [0.4, 0.5) is 0 Å². The standard InChI is InChI=1S/3C7H7.C6H6O.Hf/c3*1-7-5-3-2-4-6-7;7-6-4-2-1-3-5-6;/h3*2-6H,1H2;1-5,7H;/q;;;;+1/p-1. The fourth-order valence-corrected chi connectivity index (χ4v) is 18.9. The first kappa shape index (κ1) is 19.8. The summed E-state index contributed by atoms with van der Waals surface area (Å²) < 4.78 is 10.2. The van der Waals surface area contributed by atoms with Crippen molar-refractivity contribution >= 4 is 0 Å². The second-order valence-corrected chi connectivity index (χ2v) is 20.6. The van der Waals surface area contributed by atoms with Crippen LogP contribution >= 0.6 is 0 Å². The molecule has 0 unspecified atom stereocenters. The fraction of sp³-hybridized carbons (Fsp3) is 0.111. The van der Waals surface area contributed by atoms with Gasteiger partial charge in [-0.3, -0.25) is 0 Å². The van der Waals surface area contributed by atoms with Gasteiger partial charge >= 0.3 is 180 Å². The van der Waals surface area contributed by atoms with Gasteiger partial charge in [0.1, 0.15) is 0 Å². The first-order chi connectivity index (χ1) is 14.3. The van der Waals surface area contributed by atoms with Crippen molar-refractivity contribution in [3.05, 3.63) is 138 Å². The molecule has 29 heavy (non-hydrogen) atoms. The molecular formula is C27H26HfO. The van der Waals surface area contributed by atoms with E-state index >= 15 is 0 Å². The van der Waals surface area contributed by atoms with E-state index in [4.69, 9.17) is 2.85 Å². The average Bonchev–Trinajstić information content (AvgIpc) is 2.76. The summed E-state index contributed by atoms with van der Waals surface area (Å²) in [6, 6.07) is 43.0. The van der Waals surface area contributed by atoms with Crippen molar-refractivity contribution in [2.45, 2.75) is 12.5 Å². The van der Waals surface area contributed by atoms with Crippen LogP contribution in [0, 0.1) is 0 Å². The molecule has 0 aliphatic rings. The Balaban J connectivity index is 1.75. The molecule has 0 amide bonds. The summed E-state index contributed by atoms with van der Waals surface area (Å²) in [5, 5.41) is 0. The van der Waals surface area contributed by atoms with Crippen LogP contribution < -0.4 is 2.85 Å². The molecule has 0 fully saturated rings. The van der Waals surface area contributed by atoms with Gasteiger partial charge in [0.15, 0.2) is 0 Å². The van der Waals surface area contributed by atoms with Crippen molar-refractivity contribution in [1.29, 1.82) is 0 Å². The van der Waals surface area contributed by atoms with Gasteiger partial charge in [-0.15, -0.1) is 0 Å². The van der Waals surface area contributed by atoms with Gasteiger partial charge in [0.25, 0.3) is 0 Å². The summed E-state index contributed by atoms with van der Waals surface area (Å²) in [7, 11) is 0. The molecule has 0 bridgehead atoms. The molecular weight excluding hydrogens is 519 g/mol. The topological polar surface area (TPSA) is 9.23 Å². The molecule has 0 radical (unpaired) electrons. The van der Waals surface area contributed by atoms with Crippen molar-refractivity contribution in [2.75, 3.05) is 0 Å². The quantitative estimate of drug-likeness (QED) is 0.223. The Morgan fingerprint density at radius 3 is 1.07 bits per heavy atom. The molecule has 0 aromatic heterocycles. The monoisotopic (exact) mass is 546 g/mol. The van der Waals surface area contributed by atoms with E-state index in [-0.39, 0.29) is 0 Å². The van der Waals surface area contributed by atoms with E-state index in [1.54, 1.807) is 0 Å². The second kappa shape index (κ2) is 9.84. The third kappa shape index (κ3) is 5.77. The maximum absolute atomic E-state index is 7.04. The second-order valence-electron chi connectivity index (χ2n) is 7.59. The normalized spacial score (nSPS) is 11.2. The van der Waals surface area contributed by atoms with E-state index in [1.807, 2.05) is 0 Å². The molecule has 1 nitrogen and oxygen atoms in total. The Hall–Kier alpha value is -2.45. The minimum atomic E-state index is -3.38. The maximum atomic E-state index is 7.04. The predicted molar refractivity (Wildman–Crippen MR) is 118 cm³/mol. The van der Waals surface area contributed by atoms with E-state index in [2.05, 4.69) is 121 Å². The molecule has 144 valence electrons. The zero-order valence-corrected chi connectivity index (χ0v) is 20.2. The Morgan fingerprint density at radius 1 is 0.414 bits per heavy atom. The van der Waals surface area contributed by atoms with E-state index < -0.39 is 20.4 Å². The molecule has 4 aromatic rings. The Bertz CT molecular complexity index is 814. The molecule has 0 heterocycles. The van der Waals surface area contributed by atoms with Crippen molar-refractivity contribution < 1.29 is 23.3 Å². The third-order valence-electron chi connectivity index (χ3n) is 5.18. The van der Waals surface area contributed by atoms with E-state index in [0.717, 1.165) is 18.3 Å². The summed E-state index contributed by atoms with van der Waals surface area (Å²) in [6.07, 6.45) is 0. The summed E-state index contributed by atoms with van der Waals surface area (Å²) >= 11 is -3.38. The number of para-hydroxylation sites is 1. The van der Waals surface area contributed by atoms with Crippen molar-refractivity contribution in [1.82, 2.24) is 0 Å². The van der Waals surface area contributed by atoms with Crippen molar-refractivity contribution in [3.8, 4) is 5.75 Å². The van der Waals surface area contributed by atoms with Crippen LogP contribution in [0.15, 0.2) is 121 Å². The Labute approximate surface area is 178 Å². The van der Waals surface area contributed by atoms with Gasteiger partial charge < -0.3 is 0 Å². The number of rotatable bonds is 8. The zero-order chi connectivity index (χ0) is 19.8. The zero-order valence-electron chi connectivity index (χ0n) is 16.6. The van der Waals surface area contributed by atoms with Gasteiger partial charge in [0.05, 0.1) is 0 Å². The summed E-state index contributed by atoms with van der Waals surface area (Å²) in [5.74, 6) is 1.01. The van der Waals surface area contributed by atoms with Gasteiger partial charge in [0, 0.05) is 0 Å². The molecule has 2 heteroatoms. The summed E-state index contributed by atoms with van der Waals surface area (Å²) in [5.41, 5.74) is 4.16. The molecule has 0 aliphatic carbocycles. The summed E-state index contributed by atoms with van der Waals surface area (Å²) in [4.78, 5) is 0. The molecule has 4 aromatic carbocycles. The molecule has 0 saturated carbocycles. The first-order valence-electron chi connectivity index (χ1n) is 10.2. The van der Waals surface area contributed by atoms with Gasteiger partial charge in [-0.2, -0.15) is 0 Å². The van der Waals surface area contributed by atoms with Crippen LogP contribution in [0.5, 0.6) is 5.75 Å². The van der Waals surface area contributed by atoms with E-state index in [9.17, 15) is 0 Å². The van der Waals surface area contributed by atoms with Crippen LogP contribution in [0.3, 0.4) is 0 Å². The van der Waals surface area contributed by atoms with Crippen LogP contribution in [0.1, 0.15) is 16.7 Å². The van der Waals surface area contributed by atoms with E-state index in [1.165, 1.54) is 16.7 Å². The molecule has 0 atom stereocenters. The SMILES string of the molecule is c1ccc([CH2][Hf]([CH2]c2ccccc2)([CH2]c2ccccc2)[O]c2ccccc2)cc1. The predicted octanol–water partition coefficient (Wildman–Crippen LogP) is 6.73. The van der Waals surface area contributed by atoms with Crippen LogP contribution in [-0.2, 0) is 32.9 Å². The van der Waals surface area contributed by atoms with Gasteiger partial charge in [-0.25, -0.2) is 0 Å². The van der Waals surface area contributed by atoms with Crippen LogP contribution in [-0.4, -0.2) is 0 Å².